The van der Waals surface area contributed by atoms with Gasteiger partial charge in [-0.25, -0.2) is 4.98 Å². The van der Waals surface area contributed by atoms with Crippen molar-refractivity contribution in [3.63, 3.8) is 0 Å². The van der Waals surface area contributed by atoms with Crippen molar-refractivity contribution >= 4 is 17.6 Å². The number of rotatable bonds is 4. The molecule has 1 heterocycles. The molecule has 1 aromatic heterocycles. The van der Waals surface area contributed by atoms with E-state index >= 15 is 0 Å². The average Bonchev–Trinajstić information content (AvgIpc) is 3.00. The molecule has 0 fully saturated rings. The van der Waals surface area contributed by atoms with E-state index in [4.69, 9.17) is 16.0 Å². The van der Waals surface area contributed by atoms with Crippen molar-refractivity contribution in [2.45, 2.75) is 12.8 Å². The van der Waals surface area contributed by atoms with Crippen molar-refractivity contribution < 1.29 is 14.3 Å². The normalized spacial score (nSPS) is 12.1. The van der Waals surface area contributed by atoms with Crippen LogP contribution in [0.4, 0.5) is 0 Å². The Balaban J connectivity index is 2.14. The summed E-state index contributed by atoms with van der Waals surface area (Å²) in [5.74, 6) is -1.03. The van der Waals surface area contributed by atoms with E-state index in [-0.39, 0.29) is 0 Å². The van der Waals surface area contributed by atoms with E-state index in [0.29, 0.717) is 22.4 Å². The summed E-state index contributed by atoms with van der Waals surface area (Å²) >= 11 is 5.92. The minimum atomic E-state index is -0.962. The maximum atomic E-state index is 11.4. The van der Waals surface area contributed by atoms with Gasteiger partial charge in [0.15, 0.2) is 0 Å². The van der Waals surface area contributed by atoms with Crippen LogP contribution in [0.5, 0.6) is 0 Å². The third-order valence-corrected chi connectivity index (χ3v) is 3.81. The lowest BCUT2D eigenvalue weighted by molar-refractivity contribution is -0.138. The van der Waals surface area contributed by atoms with E-state index in [1.165, 1.54) is 0 Å². The number of aliphatic carboxylic acids is 1. The molecular formula is C18H14ClNO3. The second-order valence-corrected chi connectivity index (χ2v) is 5.60. The molecule has 0 aliphatic carbocycles. The average molecular weight is 328 g/mol. The predicted octanol–water partition coefficient (Wildman–Crippen LogP) is 4.85. The molecule has 0 bridgehead atoms. The third-order valence-electron chi connectivity index (χ3n) is 3.56. The van der Waals surface area contributed by atoms with E-state index in [2.05, 4.69) is 4.98 Å². The first-order valence-corrected chi connectivity index (χ1v) is 7.49. The lowest BCUT2D eigenvalue weighted by atomic mass is 10.0. The Bertz CT molecular complexity index is 825. The summed E-state index contributed by atoms with van der Waals surface area (Å²) in [4.78, 5) is 15.9. The van der Waals surface area contributed by atoms with Crippen molar-refractivity contribution in [3.8, 4) is 22.7 Å². The molecule has 23 heavy (non-hydrogen) atoms. The molecule has 0 saturated heterocycles. The topological polar surface area (TPSA) is 63.3 Å². The Morgan fingerprint density at radius 2 is 1.74 bits per heavy atom. The number of halogens is 1. The van der Waals surface area contributed by atoms with Gasteiger partial charge in [0.25, 0.3) is 0 Å². The van der Waals surface area contributed by atoms with Crippen LogP contribution in [0.3, 0.4) is 0 Å². The summed E-state index contributed by atoms with van der Waals surface area (Å²) in [6.07, 6.45) is 0. The fourth-order valence-electron chi connectivity index (χ4n) is 2.26. The monoisotopic (exact) mass is 327 g/mol. The van der Waals surface area contributed by atoms with E-state index in [1.54, 1.807) is 31.2 Å². The second-order valence-electron chi connectivity index (χ2n) is 5.16. The SMILES string of the molecule is CC(C(=O)O)c1oc(-c2ccccc2)nc1-c1ccc(Cl)cc1. The zero-order valence-corrected chi connectivity index (χ0v) is 13.1. The molecule has 116 valence electrons. The summed E-state index contributed by atoms with van der Waals surface area (Å²) in [5.41, 5.74) is 2.09. The van der Waals surface area contributed by atoms with Gasteiger partial charge in [-0.3, -0.25) is 4.79 Å². The van der Waals surface area contributed by atoms with Gasteiger partial charge in [-0.1, -0.05) is 41.9 Å². The molecule has 2 aromatic carbocycles. The smallest absolute Gasteiger partial charge is 0.314 e. The maximum absolute atomic E-state index is 11.4. The van der Waals surface area contributed by atoms with Gasteiger partial charge in [0.05, 0.1) is 0 Å². The number of carboxylic acid groups (broad SMARTS) is 1. The highest BCUT2D eigenvalue weighted by Gasteiger charge is 2.25. The van der Waals surface area contributed by atoms with Gasteiger partial charge in [-0.05, 0) is 31.2 Å². The molecule has 0 spiro atoms. The van der Waals surface area contributed by atoms with Crippen LogP contribution in [0.2, 0.25) is 5.02 Å². The molecule has 4 nitrogen and oxygen atoms in total. The summed E-state index contributed by atoms with van der Waals surface area (Å²) < 4.78 is 5.78. The Hall–Kier alpha value is -2.59. The van der Waals surface area contributed by atoms with Crippen LogP contribution < -0.4 is 0 Å². The van der Waals surface area contributed by atoms with E-state index in [9.17, 15) is 9.90 Å². The van der Waals surface area contributed by atoms with Crippen molar-refractivity contribution in [3.05, 3.63) is 65.4 Å². The number of nitrogens with zero attached hydrogens (tertiary/aromatic N) is 1. The zero-order chi connectivity index (χ0) is 16.4. The van der Waals surface area contributed by atoms with Crippen LogP contribution >= 0.6 is 11.6 Å². The van der Waals surface area contributed by atoms with Crippen LogP contribution in [0.25, 0.3) is 22.7 Å². The highest BCUT2D eigenvalue weighted by molar-refractivity contribution is 6.30. The van der Waals surface area contributed by atoms with Gasteiger partial charge >= 0.3 is 5.97 Å². The molecule has 1 N–H and O–H groups in total. The first kappa shape index (κ1) is 15.3. The Labute approximate surface area is 138 Å². The molecule has 1 unspecified atom stereocenters. The quantitative estimate of drug-likeness (QED) is 0.744. The van der Waals surface area contributed by atoms with Crippen molar-refractivity contribution in [2.24, 2.45) is 0 Å². The fourth-order valence-corrected chi connectivity index (χ4v) is 2.38. The van der Waals surface area contributed by atoms with Crippen LogP contribution in [0, 0.1) is 0 Å². The minimum absolute atomic E-state index is 0.332. The number of hydrogen-bond acceptors (Lipinski definition) is 3. The van der Waals surface area contributed by atoms with Crippen molar-refractivity contribution in [1.29, 1.82) is 0 Å². The molecule has 0 radical (unpaired) electrons. The van der Waals surface area contributed by atoms with Gasteiger partial charge in [0.2, 0.25) is 5.89 Å². The lowest BCUT2D eigenvalue weighted by Gasteiger charge is -2.05. The van der Waals surface area contributed by atoms with E-state index in [1.807, 2.05) is 30.3 Å². The van der Waals surface area contributed by atoms with Gasteiger partial charge < -0.3 is 9.52 Å². The van der Waals surface area contributed by atoms with E-state index < -0.39 is 11.9 Å². The Morgan fingerprint density at radius 1 is 1.09 bits per heavy atom. The molecule has 5 heteroatoms. The molecule has 3 rings (SSSR count). The summed E-state index contributed by atoms with van der Waals surface area (Å²) in [6, 6.07) is 16.5. The third kappa shape index (κ3) is 3.12. The number of hydrogen-bond donors (Lipinski definition) is 1. The van der Waals surface area contributed by atoms with Gasteiger partial charge in [0.1, 0.15) is 17.4 Å². The first-order chi connectivity index (χ1) is 11.1. The highest BCUT2D eigenvalue weighted by Crippen LogP contribution is 2.34. The van der Waals surface area contributed by atoms with Crippen LogP contribution in [-0.2, 0) is 4.79 Å². The van der Waals surface area contributed by atoms with Crippen LogP contribution in [0.15, 0.2) is 59.0 Å². The molecular weight excluding hydrogens is 314 g/mol. The Morgan fingerprint density at radius 3 is 2.35 bits per heavy atom. The summed E-state index contributed by atoms with van der Waals surface area (Å²) in [5, 5.41) is 9.93. The molecule has 0 amide bonds. The second kappa shape index (κ2) is 6.26. The molecule has 0 aliphatic rings. The van der Waals surface area contributed by atoms with E-state index in [0.717, 1.165) is 11.1 Å². The van der Waals surface area contributed by atoms with Crippen LogP contribution in [-0.4, -0.2) is 16.1 Å². The molecule has 1 atom stereocenters. The van der Waals surface area contributed by atoms with Crippen molar-refractivity contribution in [2.75, 3.05) is 0 Å². The summed E-state index contributed by atoms with van der Waals surface area (Å²) in [6.45, 7) is 1.58. The number of oxazole rings is 1. The van der Waals surface area contributed by atoms with Crippen molar-refractivity contribution in [1.82, 2.24) is 4.98 Å². The Kier molecular flexibility index (Phi) is 4.17. The van der Waals surface area contributed by atoms with Gasteiger partial charge in [-0.2, -0.15) is 0 Å². The zero-order valence-electron chi connectivity index (χ0n) is 12.4. The number of aromatic nitrogens is 1. The highest BCUT2D eigenvalue weighted by atomic mass is 35.5. The standard InChI is InChI=1S/C18H14ClNO3/c1-11(18(21)22)16-15(12-7-9-14(19)10-8-12)20-17(23-16)13-5-3-2-4-6-13/h2-11H,1H3,(H,21,22). The molecule has 3 aromatic rings. The first-order valence-electron chi connectivity index (χ1n) is 7.11. The predicted molar refractivity (Wildman–Crippen MR) is 88.4 cm³/mol. The summed E-state index contributed by atoms with van der Waals surface area (Å²) in [7, 11) is 0. The minimum Gasteiger partial charge on any atom is -0.481 e. The largest absolute Gasteiger partial charge is 0.481 e. The van der Waals surface area contributed by atoms with Gasteiger partial charge in [0, 0.05) is 16.1 Å². The fraction of sp³-hybridized carbons (Fsp3) is 0.111. The number of carbonyl (C=O) groups is 1. The molecule has 0 saturated carbocycles. The molecule has 0 aliphatic heterocycles. The number of benzene rings is 2. The lowest BCUT2D eigenvalue weighted by Crippen LogP contribution is -2.07. The number of carboxylic acids is 1. The maximum Gasteiger partial charge on any atom is 0.314 e. The van der Waals surface area contributed by atoms with Crippen LogP contribution in [0.1, 0.15) is 18.6 Å². The van der Waals surface area contributed by atoms with Gasteiger partial charge in [-0.15, -0.1) is 0 Å².